The molecule has 0 bridgehead atoms. The van der Waals surface area contributed by atoms with Crippen LogP contribution >= 0.6 is 0 Å². The molecule has 0 nitrogen and oxygen atoms in total. The summed E-state index contributed by atoms with van der Waals surface area (Å²) in [6.07, 6.45) is 0. The molecule has 0 N–H and O–H groups in total. The molecule has 0 aliphatic carbocycles. The first kappa shape index (κ1) is 8.36. The normalized spacial score (nSPS) is 25.1. The second-order valence-electron chi connectivity index (χ2n) is 4.46. The van der Waals surface area contributed by atoms with Crippen LogP contribution < -0.4 is 0 Å². The van der Waals surface area contributed by atoms with Gasteiger partial charge in [-0.15, -0.1) is 0 Å². The zero-order chi connectivity index (χ0) is 7.72. The fourth-order valence-corrected chi connectivity index (χ4v) is 2.53. The van der Waals surface area contributed by atoms with Gasteiger partial charge in [-0.2, -0.15) is 0 Å². The standard InChI is InChI=1S/C6H16B4/c1-5(2)6-7-10(4)8-9(6)3/h5-8H,1-4H3. The van der Waals surface area contributed by atoms with Crippen LogP contribution in [0, 0.1) is 5.92 Å². The molecule has 1 atom stereocenters. The molecule has 0 aromatic rings. The fourth-order valence-electron chi connectivity index (χ4n) is 2.53. The number of hydrogen-bond acceptors (Lipinski definition) is 0. The summed E-state index contributed by atoms with van der Waals surface area (Å²) in [5.74, 6) is 0.903. The quantitative estimate of drug-likeness (QED) is 0.457. The lowest BCUT2D eigenvalue weighted by Crippen LogP contribution is -2.23. The predicted molar refractivity (Wildman–Crippen MR) is 56.1 cm³/mol. The minimum atomic E-state index is 0.903. The third-order valence-electron chi connectivity index (χ3n) is 3.04. The van der Waals surface area contributed by atoms with E-state index in [-0.39, 0.29) is 0 Å². The second kappa shape index (κ2) is 3.11. The van der Waals surface area contributed by atoms with E-state index in [0.717, 1.165) is 24.7 Å². The Bertz CT molecular complexity index is 114. The number of rotatable bonds is 1. The Labute approximate surface area is 67.1 Å². The maximum atomic E-state index is 2.41. The van der Waals surface area contributed by atoms with Crippen molar-refractivity contribution >= 4 is 27.3 Å². The summed E-state index contributed by atoms with van der Waals surface area (Å²) in [6.45, 7) is 11.5. The molecule has 0 radical (unpaired) electrons. The highest BCUT2D eigenvalue weighted by Gasteiger charge is 2.35. The molecule has 1 saturated heterocycles. The lowest BCUT2D eigenvalue weighted by Gasteiger charge is -2.17. The highest BCUT2D eigenvalue weighted by Crippen LogP contribution is 2.24. The maximum Gasteiger partial charge on any atom is 0.0875 e. The highest BCUT2D eigenvalue weighted by molar-refractivity contribution is 7.61. The topological polar surface area (TPSA) is 0 Å². The van der Waals surface area contributed by atoms with E-state index in [2.05, 4.69) is 27.5 Å². The first-order chi connectivity index (χ1) is 4.61. The highest BCUT2D eigenvalue weighted by atomic mass is 14.0. The van der Waals surface area contributed by atoms with Gasteiger partial charge < -0.3 is 0 Å². The molecule has 1 unspecified atom stereocenters. The van der Waals surface area contributed by atoms with Crippen LogP contribution in [0.4, 0.5) is 0 Å². The van der Waals surface area contributed by atoms with E-state index in [0.29, 0.717) is 0 Å². The summed E-state index contributed by atoms with van der Waals surface area (Å²) >= 11 is 0. The fraction of sp³-hybridized carbons (Fsp3) is 1.00. The van der Waals surface area contributed by atoms with Gasteiger partial charge in [-0.05, 0) is 0 Å². The van der Waals surface area contributed by atoms with Crippen molar-refractivity contribution in [1.29, 1.82) is 0 Å². The molecular weight excluding hydrogens is 115 g/mol. The predicted octanol–water partition coefficient (Wildman–Crippen LogP) is 0.596. The molecule has 1 aliphatic rings. The molecule has 1 aliphatic heterocycles. The largest absolute Gasteiger partial charge is 0.0999 e. The van der Waals surface area contributed by atoms with Gasteiger partial charge in [0.1, 0.15) is 0 Å². The van der Waals surface area contributed by atoms with Crippen molar-refractivity contribution in [2.45, 2.75) is 33.2 Å². The zero-order valence-electron chi connectivity index (χ0n) is 7.72. The summed E-state index contributed by atoms with van der Waals surface area (Å²) in [5, 5.41) is 0. The number of hydrogen-bond donors (Lipinski definition) is 0. The van der Waals surface area contributed by atoms with Gasteiger partial charge in [0.05, 0.1) is 27.3 Å². The van der Waals surface area contributed by atoms with Crippen LogP contribution in [-0.2, 0) is 0 Å². The molecule has 0 amide bonds. The molecule has 0 spiro atoms. The van der Waals surface area contributed by atoms with Gasteiger partial charge in [0.15, 0.2) is 0 Å². The van der Waals surface area contributed by atoms with Crippen LogP contribution in [0.1, 0.15) is 13.8 Å². The molecule has 1 heterocycles. The van der Waals surface area contributed by atoms with Crippen molar-refractivity contribution in [3.63, 3.8) is 0 Å². The van der Waals surface area contributed by atoms with Gasteiger partial charge in [-0.1, -0.05) is 39.1 Å². The van der Waals surface area contributed by atoms with Gasteiger partial charge >= 0.3 is 0 Å². The average molecular weight is 131 g/mol. The SMILES string of the molecule is CB1BB(C)C(C(C)C)B1. The Morgan fingerprint density at radius 3 is 2.10 bits per heavy atom. The molecular formula is C6H16B4. The van der Waals surface area contributed by atoms with E-state index < -0.39 is 0 Å². The van der Waals surface area contributed by atoms with E-state index in [1.165, 1.54) is 14.2 Å². The molecule has 0 aromatic heterocycles. The molecule has 1 fully saturated rings. The van der Waals surface area contributed by atoms with Crippen molar-refractivity contribution in [3.05, 3.63) is 0 Å². The Morgan fingerprint density at radius 1 is 1.30 bits per heavy atom. The van der Waals surface area contributed by atoms with Gasteiger partial charge in [-0.3, -0.25) is 0 Å². The molecule has 0 aromatic carbocycles. The summed E-state index contributed by atoms with van der Waals surface area (Å²) in [4.78, 5) is 0. The molecule has 10 heavy (non-hydrogen) atoms. The lowest BCUT2D eigenvalue weighted by molar-refractivity contribution is 0.693. The molecule has 52 valence electrons. The van der Waals surface area contributed by atoms with E-state index in [1.807, 2.05) is 0 Å². The average Bonchev–Trinajstić information content (AvgIpc) is 2.10. The van der Waals surface area contributed by atoms with Gasteiger partial charge in [0, 0.05) is 0 Å². The monoisotopic (exact) mass is 132 g/mol. The molecule has 0 saturated carbocycles. The first-order valence-electron chi connectivity index (χ1n) is 4.61. The summed E-state index contributed by atoms with van der Waals surface area (Å²) < 4.78 is 0. The van der Waals surface area contributed by atoms with Crippen LogP contribution in [-0.4, -0.2) is 27.3 Å². The van der Waals surface area contributed by atoms with Crippen LogP contribution in [0.5, 0.6) is 0 Å². The maximum absolute atomic E-state index is 2.41. The van der Waals surface area contributed by atoms with Gasteiger partial charge in [0.2, 0.25) is 0 Å². The van der Waals surface area contributed by atoms with Crippen LogP contribution in [0.2, 0.25) is 19.4 Å². The van der Waals surface area contributed by atoms with Crippen molar-refractivity contribution in [2.75, 3.05) is 0 Å². The van der Waals surface area contributed by atoms with Gasteiger partial charge in [0.25, 0.3) is 0 Å². The Hall–Kier alpha value is 0.260. The van der Waals surface area contributed by atoms with Crippen LogP contribution in [0.25, 0.3) is 0 Å². The Morgan fingerprint density at radius 2 is 1.90 bits per heavy atom. The third-order valence-corrected chi connectivity index (χ3v) is 3.04. The molecule has 1 rings (SSSR count). The van der Waals surface area contributed by atoms with Crippen molar-refractivity contribution in [3.8, 4) is 0 Å². The minimum Gasteiger partial charge on any atom is -0.0999 e. The first-order valence-corrected chi connectivity index (χ1v) is 4.61. The van der Waals surface area contributed by atoms with E-state index in [4.69, 9.17) is 0 Å². The minimum absolute atomic E-state index is 0.903. The zero-order valence-corrected chi connectivity index (χ0v) is 7.72. The molecule has 4 heteroatoms. The summed E-state index contributed by atoms with van der Waals surface area (Å²) in [6, 6.07) is 0. The third kappa shape index (κ3) is 1.65. The van der Waals surface area contributed by atoms with Crippen molar-refractivity contribution < 1.29 is 0 Å². The van der Waals surface area contributed by atoms with Crippen LogP contribution in [0.3, 0.4) is 0 Å². The smallest absolute Gasteiger partial charge is 0.0875 e. The van der Waals surface area contributed by atoms with E-state index in [1.54, 1.807) is 0 Å². The van der Waals surface area contributed by atoms with Crippen molar-refractivity contribution in [2.24, 2.45) is 5.92 Å². The van der Waals surface area contributed by atoms with Crippen LogP contribution in [0.15, 0.2) is 0 Å². The van der Waals surface area contributed by atoms with Crippen molar-refractivity contribution in [1.82, 2.24) is 0 Å². The van der Waals surface area contributed by atoms with Gasteiger partial charge in [-0.25, -0.2) is 0 Å². The Kier molecular flexibility index (Phi) is 2.60. The summed E-state index contributed by atoms with van der Waals surface area (Å²) in [5.41, 5.74) is 1.01. The second-order valence-corrected chi connectivity index (χ2v) is 4.46. The lowest BCUT2D eigenvalue weighted by atomic mass is 9.02. The van der Waals surface area contributed by atoms with E-state index in [9.17, 15) is 0 Å². The Balaban J connectivity index is 2.46. The summed E-state index contributed by atoms with van der Waals surface area (Å²) in [7, 11) is 2.93. The van der Waals surface area contributed by atoms with E-state index >= 15 is 0 Å².